The van der Waals surface area contributed by atoms with Crippen molar-refractivity contribution in [2.45, 2.75) is 19.9 Å². The maximum absolute atomic E-state index is 10.7. The summed E-state index contributed by atoms with van der Waals surface area (Å²) in [5.74, 6) is -1.71. The summed E-state index contributed by atoms with van der Waals surface area (Å²) in [6.07, 6.45) is 0. The van der Waals surface area contributed by atoms with E-state index in [0.717, 1.165) is 7.41 Å². The van der Waals surface area contributed by atoms with E-state index in [2.05, 4.69) is 5.23 Å². The molecule has 0 rings (SSSR count). The normalized spacial score (nSPS) is 12.9. The Kier molecular flexibility index (Phi) is 4.35. The zero-order valence-electron chi connectivity index (χ0n) is 7.07. The first kappa shape index (κ1) is 11.0. The van der Waals surface area contributed by atoms with E-state index in [1.54, 1.807) is 13.8 Å². The minimum atomic E-state index is -1.12. The second-order valence-corrected chi connectivity index (χ2v) is 2.77. The van der Waals surface area contributed by atoms with Crippen LogP contribution in [0, 0.1) is 5.92 Å². The van der Waals surface area contributed by atoms with Crippen LogP contribution in [0.4, 0.5) is 4.79 Å². The van der Waals surface area contributed by atoms with Crippen molar-refractivity contribution < 1.29 is 14.7 Å². The highest BCUT2D eigenvalue weighted by atomic mass is 16.4. The van der Waals surface area contributed by atoms with Crippen LogP contribution >= 0.6 is 0 Å². The van der Waals surface area contributed by atoms with Gasteiger partial charge >= 0.3 is 0 Å². The van der Waals surface area contributed by atoms with Gasteiger partial charge in [-0.1, -0.05) is 13.8 Å². The van der Waals surface area contributed by atoms with Crippen LogP contribution < -0.4 is 11.0 Å². The Morgan fingerprint density at radius 2 is 2.00 bits per heavy atom. The number of primary amides is 1. The number of hydrogen-bond donors (Lipinski definition) is 3. The fraction of sp³-hybridized carbons (Fsp3) is 0.667. The van der Waals surface area contributed by atoms with Crippen molar-refractivity contribution in [1.29, 1.82) is 0 Å². The van der Waals surface area contributed by atoms with E-state index in [1.165, 1.54) is 0 Å². The summed E-state index contributed by atoms with van der Waals surface area (Å²) in [4.78, 5) is 20.8. The molecule has 0 aliphatic rings. The van der Waals surface area contributed by atoms with E-state index in [9.17, 15) is 9.59 Å². The van der Waals surface area contributed by atoms with Crippen LogP contribution in [0.3, 0.4) is 0 Å². The number of carbonyl (C=O) groups excluding carboxylic acids is 1. The Morgan fingerprint density at radius 1 is 1.50 bits per heavy atom. The molecule has 68 valence electrons. The maximum atomic E-state index is 10.7. The molecule has 12 heavy (non-hydrogen) atoms. The lowest BCUT2D eigenvalue weighted by molar-refractivity contribution is -0.120. The van der Waals surface area contributed by atoms with Crippen LogP contribution in [-0.2, 0) is 4.79 Å². The molecule has 0 aromatic rings. The SMILES string of the molecule is CC(C)[C@H](N[B-]C(=O)O)C(N)=O. The van der Waals surface area contributed by atoms with Crippen molar-refractivity contribution in [3.63, 3.8) is 0 Å². The molecule has 0 heterocycles. The highest BCUT2D eigenvalue weighted by Crippen LogP contribution is 1.99. The molecule has 0 spiro atoms. The molecule has 1 amide bonds. The fourth-order valence-corrected chi connectivity index (χ4v) is 0.764. The largest absolute Gasteiger partial charge is 0.532 e. The van der Waals surface area contributed by atoms with Gasteiger partial charge in [-0.15, -0.1) is 7.41 Å². The minimum absolute atomic E-state index is 0.0295. The molecule has 0 fully saturated rings. The zero-order chi connectivity index (χ0) is 9.72. The predicted molar refractivity (Wildman–Crippen MR) is 44.7 cm³/mol. The van der Waals surface area contributed by atoms with Gasteiger partial charge in [0.1, 0.15) is 0 Å². The number of hydrogen-bond acceptors (Lipinski definition) is 3. The number of carboxylic acid groups (broad SMARTS) is 1. The van der Waals surface area contributed by atoms with Crippen molar-refractivity contribution in [1.82, 2.24) is 5.23 Å². The molecular formula is C6H12BN2O3-. The predicted octanol–water partition coefficient (Wildman–Crippen LogP) is -0.617. The van der Waals surface area contributed by atoms with Crippen LogP contribution in [0.15, 0.2) is 0 Å². The van der Waals surface area contributed by atoms with Gasteiger partial charge in [0.2, 0.25) is 5.91 Å². The Morgan fingerprint density at radius 3 is 2.25 bits per heavy atom. The third-order valence-electron chi connectivity index (χ3n) is 1.36. The molecule has 0 aromatic carbocycles. The molecule has 1 atom stereocenters. The number of nitrogens with one attached hydrogen (secondary N) is 1. The Labute approximate surface area is 71.6 Å². The molecule has 0 aliphatic heterocycles. The second-order valence-electron chi connectivity index (χ2n) is 2.77. The Balaban J connectivity index is 3.97. The molecule has 0 aliphatic carbocycles. The molecule has 0 saturated heterocycles. The van der Waals surface area contributed by atoms with Crippen molar-refractivity contribution >= 4 is 19.2 Å². The van der Waals surface area contributed by atoms with E-state index < -0.39 is 17.8 Å². The molecule has 5 nitrogen and oxygen atoms in total. The molecule has 4 N–H and O–H groups in total. The topological polar surface area (TPSA) is 92.4 Å². The quantitative estimate of drug-likeness (QED) is 0.480. The highest BCUT2D eigenvalue weighted by molar-refractivity contribution is 6.69. The first-order chi connectivity index (χ1) is 5.45. The molecular weight excluding hydrogens is 159 g/mol. The molecule has 6 heteroatoms. The lowest BCUT2D eigenvalue weighted by Crippen LogP contribution is -2.48. The van der Waals surface area contributed by atoms with Crippen LogP contribution in [0.25, 0.3) is 0 Å². The van der Waals surface area contributed by atoms with Crippen LogP contribution in [0.2, 0.25) is 0 Å². The van der Waals surface area contributed by atoms with E-state index in [-0.39, 0.29) is 5.92 Å². The lowest BCUT2D eigenvalue weighted by atomic mass is 9.90. The standard InChI is InChI=1S/C6H12BN2O3/c1-3(2)4(5(8)10)9-7-6(11)12/h3-4,9H,1-2H3,(H2,8,10)(H,11,12)/q-1/t4-/m0/s1. The summed E-state index contributed by atoms with van der Waals surface area (Å²) in [6, 6.07) is -0.624. The van der Waals surface area contributed by atoms with E-state index in [1.807, 2.05) is 0 Å². The molecule has 0 aromatic heterocycles. The molecule has 2 radical (unpaired) electrons. The number of rotatable bonds is 5. The Hall–Kier alpha value is -1.04. The van der Waals surface area contributed by atoms with Gasteiger partial charge in [-0.25, -0.2) is 0 Å². The molecule has 0 saturated carbocycles. The summed E-state index contributed by atoms with van der Waals surface area (Å²) in [5.41, 5.74) is 5.01. The van der Waals surface area contributed by atoms with E-state index in [4.69, 9.17) is 10.8 Å². The van der Waals surface area contributed by atoms with Gasteiger partial charge < -0.3 is 20.9 Å². The summed E-state index contributed by atoms with van der Waals surface area (Å²) < 4.78 is 0. The fourth-order valence-electron chi connectivity index (χ4n) is 0.764. The summed E-state index contributed by atoms with van der Waals surface area (Å²) >= 11 is 0. The van der Waals surface area contributed by atoms with Crippen molar-refractivity contribution in [3.8, 4) is 0 Å². The summed E-state index contributed by atoms with van der Waals surface area (Å²) in [5, 5.41) is 10.7. The second kappa shape index (κ2) is 4.76. The molecule has 0 bridgehead atoms. The van der Waals surface area contributed by atoms with Crippen molar-refractivity contribution in [3.05, 3.63) is 0 Å². The number of carbonyl (C=O) groups is 2. The molecule has 0 unspecified atom stereocenters. The minimum Gasteiger partial charge on any atom is -0.532 e. The Bertz CT molecular complexity index is 184. The van der Waals surface area contributed by atoms with Gasteiger partial charge in [-0.05, 0) is 5.92 Å². The maximum Gasteiger partial charge on any atom is 0.231 e. The van der Waals surface area contributed by atoms with Gasteiger partial charge in [0.25, 0.3) is 0 Å². The average molecular weight is 171 g/mol. The van der Waals surface area contributed by atoms with Crippen LogP contribution in [0.1, 0.15) is 13.8 Å². The highest BCUT2D eigenvalue weighted by Gasteiger charge is 2.13. The number of nitrogens with two attached hydrogens (primary N) is 1. The average Bonchev–Trinajstić information content (AvgIpc) is 1.84. The third kappa shape index (κ3) is 3.97. The van der Waals surface area contributed by atoms with Crippen molar-refractivity contribution in [2.24, 2.45) is 11.7 Å². The third-order valence-corrected chi connectivity index (χ3v) is 1.36. The lowest BCUT2D eigenvalue weighted by Gasteiger charge is -2.25. The van der Waals surface area contributed by atoms with Gasteiger partial charge in [0, 0.05) is 6.04 Å². The van der Waals surface area contributed by atoms with Gasteiger partial charge in [-0.2, -0.15) is 0 Å². The van der Waals surface area contributed by atoms with Gasteiger partial charge in [0.05, 0.1) is 5.87 Å². The van der Waals surface area contributed by atoms with Crippen LogP contribution in [-0.4, -0.2) is 30.3 Å². The zero-order valence-corrected chi connectivity index (χ0v) is 7.07. The van der Waals surface area contributed by atoms with E-state index in [0.29, 0.717) is 0 Å². The first-order valence-corrected chi connectivity index (χ1v) is 3.56. The number of amides is 1. The van der Waals surface area contributed by atoms with Gasteiger partial charge in [0.15, 0.2) is 0 Å². The smallest absolute Gasteiger partial charge is 0.231 e. The van der Waals surface area contributed by atoms with Gasteiger partial charge in [-0.3, -0.25) is 4.79 Å². The summed E-state index contributed by atoms with van der Waals surface area (Å²) in [6.45, 7) is 3.55. The van der Waals surface area contributed by atoms with Crippen LogP contribution in [0.5, 0.6) is 0 Å². The summed E-state index contributed by atoms with van der Waals surface area (Å²) in [7, 11) is 0.815. The van der Waals surface area contributed by atoms with Crippen molar-refractivity contribution in [2.75, 3.05) is 0 Å². The first-order valence-electron chi connectivity index (χ1n) is 3.56. The van der Waals surface area contributed by atoms with E-state index >= 15 is 0 Å². The monoisotopic (exact) mass is 171 g/mol.